The van der Waals surface area contributed by atoms with Gasteiger partial charge in [-0.25, -0.2) is 8.78 Å². The minimum absolute atomic E-state index is 0.0254. The van der Waals surface area contributed by atoms with Gasteiger partial charge in [-0.3, -0.25) is 9.89 Å². The molecule has 1 aromatic carbocycles. The Bertz CT molecular complexity index is 526. The summed E-state index contributed by atoms with van der Waals surface area (Å²) in [6.45, 7) is 0. The maximum atomic E-state index is 12.9. The van der Waals surface area contributed by atoms with Crippen molar-refractivity contribution < 1.29 is 13.6 Å². The number of aromatic nitrogens is 2. The number of nitrogens with zero attached hydrogens (tertiary/aromatic N) is 1. The molecule has 0 aliphatic heterocycles. The van der Waals surface area contributed by atoms with Gasteiger partial charge in [0.2, 0.25) is 5.91 Å². The molecule has 1 aromatic heterocycles. The Morgan fingerprint density at radius 1 is 1.35 bits per heavy atom. The van der Waals surface area contributed by atoms with Crippen molar-refractivity contribution in [1.29, 1.82) is 0 Å². The minimum atomic E-state index is -0.960. The van der Waals surface area contributed by atoms with Crippen molar-refractivity contribution >= 4 is 11.6 Å². The van der Waals surface area contributed by atoms with Crippen LogP contribution in [-0.2, 0) is 11.2 Å². The second-order valence-corrected chi connectivity index (χ2v) is 3.46. The maximum absolute atomic E-state index is 12.9. The lowest BCUT2D eigenvalue weighted by Crippen LogP contribution is -2.14. The number of anilines is 1. The van der Waals surface area contributed by atoms with Gasteiger partial charge in [-0.1, -0.05) is 6.07 Å². The van der Waals surface area contributed by atoms with Gasteiger partial charge in [-0.05, 0) is 17.7 Å². The molecular formula is C11H9F2N3O. The number of carbonyl (C=O) groups excluding carboxylic acids is 1. The van der Waals surface area contributed by atoms with Crippen molar-refractivity contribution in [3.8, 4) is 0 Å². The predicted octanol–water partition coefficient (Wildman–Crippen LogP) is 1.87. The molecule has 0 aliphatic carbocycles. The SMILES string of the molecule is O=C(Cc1ccc(F)c(F)c1)Nc1cn[nH]c1. The molecular weight excluding hydrogens is 228 g/mol. The average Bonchev–Trinajstić information content (AvgIpc) is 2.76. The summed E-state index contributed by atoms with van der Waals surface area (Å²) in [5, 5.41) is 8.76. The van der Waals surface area contributed by atoms with Crippen molar-refractivity contribution in [3.05, 3.63) is 47.8 Å². The molecule has 4 nitrogen and oxygen atoms in total. The Kier molecular flexibility index (Phi) is 3.13. The van der Waals surface area contributed by atoms with Crippen molar-refractivity contribution in [1.82, 2.24) is 10.2 Å². The van der Waals surface area contributed by atoms with E-state index in [1.807, 2.05) is 0 Å². The highest BCUT2D eigenvalue weighted by atomic mass is 19.2. The van der Waals surface area contributed by atoms with Crippen LogP contribution in [0.25, 0.3) is 0 Å². The molecule has 0 saturated carbocycles. The number of benzene rings is 1. The summed E-state index contributed by atoms with van der Waals surface area (Å²) in [6.07, 6.45) is 2.94. The topological polar surface area (TPSA) is 57.8 Å². The number of carbonyl (C=O) groups is 1. The fourth-order valence-electron chi connectivity index (χ4n) is 1.36. The monoisotopic (exact) mass is 237 g/mol. The number of hydrogen-bond donors (Lipinski definition) is 2. The smallest absolute Gasteiger partial charge is 0.228 e. The van der Waals surface area contributed by atoms with E-state index < -0.39 is 11.6 Å². The van der Waals surface area contributed by atoms with Crippen LogP contribution in [0, 0.1) is 11.6 Å². The van der Waals surface area contributed by atoms with Crippen LogP contribution < -0.4 is 5.32 Å². The maximum Gasteiger partial charge on any atom is 0.228 e. The van der Waals surface area contributed by atoms with Gasteiger partial charge in [0.15, 0.2) is 11.6 Å². The number of nitrogens with one attached hydrogen (secondary N) is 2. The first-order valence-electron chi connectivity index (χ1n) is 4.88. The van der Waals surface area contributed by atoms with Crippen LogP contribution in [0.2, 0.25) is 0 Å². The molecule has 2 aromatic rings. The first kappa shape index (κ1) is 11.3. The van der Waals surface area contributed by atoms with Crippen LogP contribution in [0.15, 0.2) is 30.6 Å². The number of aromatic amines is 1. The largest absolute Gasteiger partial charge is 0.323 e. The van der Waals surface area contributed by atoms with Crippen LogP contribution in [-0.4, -0.2) is 16.1 Å². The molecule has 0 atom stereocenters. The lowest BCUT2D eigenvalue weighted by molar-refractivity contribution is -0.115. The van der Waals surface area contributed by atoms with Gasteiger partial charge in [0.1, 0.15) is 0 Å². The van der Waals surface area contributed by atoms with E-state index in [0.717, 1.165) is 12.1 Å². The molecule has 0 spiro atoms. The molecule has 1 heterocycles. The molecule has 2 N–H and O–H groups in total. The fraction of sp³-hybridized carbons (Fsp3) is 0.0909. The quantitative estimate of drug-likeness (QED) is 0.856. The van der Waals surface area contributed by atoms with E-state index in [0.29, 0.717) is 11.3 Å². The van der Waals surface area contributed by atoms with Crippen LogP contribution in [0.3, 0.4) is 0 Å². The number of rotatable bonds is 3. The highest BCUT2D eigenvalue weighted by molar-refractivity contribution is 5.91. The third-order valence-corrected chi connectivity index (χ3v) is 2.13. The van der Waals surface area contributed by atoms with E-state index in [1.165, 1.54) is 18.5 Å². The molecule has 2 rings (SSSR count). The van der Waals surface area contributed by atoms with E-state index in [2.05, 4.69) is 15.5 Å². The molecule has 0 aliphatic rings. The first-order valence-corrected chi connectivity index (χ1v) is 4.88. The van der Waals surface area contributed by atoms with Gasteiger partial charge >= 0.3 is 0 Å². The van der Waals surface area contributed by atoms with Crippen LogP contribution in [0.4, 0.5) is 14.5 Å². The van der Waals surface area contributed by atoms with Gasteiger partial charge in [-0.15, -0.1) is 0 Å². The van der Waals surface area contributed by atoms with Crippen molar-refractivity contribution in [3.63, 3.8) is 0 Å². The summed E-state index contributed by atoms with van der Waals surface area (Å²) < 4.78 is 25.5. The number of halogens is 2. The zero-order chi connectivity index (χ0) is 12.3. The molecule has 1 amide bonds. The normalized spacial score (nSPS) is 10.2. The summed E-state index contributed by atoms with van der Waals surface area (Å²) in [5.74, 6) is -2.21. The first-order chi connectivity index (χ1) is 8.15. The van der Waals surface area contributed by atoms with Gasteiger partial charge in [0.05, 0.1) is 18.3 Å². The summed E-state index contributed by atoms with van der Waals surface area (Å²) >= 11 is 0. The molecule has 0 bridgehead atoms. The molecule has 88 valence electrons. The summed E-state index contributed by atoms with van der Waals surface area (Å²) in [5.41, 5.74) is 0.933. The van der Waals surface area contributed by atoms with E-state index in [-0.39, 0.29) is 12.3 Å². The zero-order valence-electron chi connectivity index (χ0n) is 8.71. The van der Waals surface area contributed by atoms with E-state index in [9.17, 15) is 13.6 Å². The van der Waals surface area contributed by atoms with Crippen LogP contribution in [0.5, 0.6) is 0 Å². The van der Waals surface area contributed by atoms with E-state index >= 15 is 0 Å². The van der Waals surface area contributed by atoms with Crippen molar-refractivity contribution in [2.24, 2.45) is 0 Å². The Hall–Kier alpha value is -2.24. The zero-order valence-corrected chi connectivity index (χ0v) is 8.71. The second-order valence-electron chi connectivity index (χ2n) is 3.46. The van der Waals surface area contributed by atoms with Crippen LogP contribution >= 0.6 is 0 Å². The highest BCUT2D eigenvalue weighted by Gasteiger charge is 2.07. The second kappa shape index (κ2) is 4.73. The summed E-state index contributed by atoms with van der Waals surface area (Å²) in [7, 11) is 0. The molecule has 0 saturated heterocycles. The molecule has 6 heteroatoms. The average molecular weight is 237 g/mol. The predicted molar refractivity (Wildman–Crippen MR) is 57.3 cm³/mol. The van der Waals surface area contributed by atoms with E-state index in [1.54, 1.807) is 0 Å². The lowest BCUT2D eigenvalue weighted by atomic mass is 10.1. The van der Waals surface area contributed by atoms with Gasteiger partial charge in [-0.2, -0.15) is 5.10 Å². The standard InChI is InChI=1S/C11H9F2N3O/c12-9-2-1-7(3-10(9)13)4-11(17)16-8-5-14-15-6-8/h1-3,5-6H,4H2,(H,14,15)(H,16,17). The lowest BCUT2D eigenvalue weighted by Gasteiger charge is -2.03. The van der Waals surface area contributed by atoms with Gasteiger partial charge in [0, 0.05) is 6.20 Å². The Labute approximate surface area is 95.7 Å². The molecule has 0 unspecified atom stereocenters. The molecule has 0 fully saturated rings. The molecule has 0 radical (unpaired) electrons. The van der Waals surface area contributed by atoms with Crippen molar-refractivity contribution in [2.75, 3.05) is 5.32 Å². The Morgan fingerprint density at radius 2 is 2.18 bits per heavy atom. The van der Waals surface area contributed by atoms with Crippen LogP contribution in [0.1, 0.15) is 5.56 Å². The summed E-state index contributed by atoms with van der Waals surface area (Å²) in [6, 6.07) is 3.37. The number of H-pyrrole nitrogens is 1. The Balaban J connectivity index is 2.00. The Morgan fingerprint density at radius 3 is 2.82 bits per heavy atom. The number of hydrogen-bond acceptors (Lipinski definition) is 2. The summed E-state index contributed by atoms with van der Waals surface area (Å²) in [4.78, 5) is 11.5. The highest BCUT2D eigenvalue weighted by Crippen LogP contribution is 2.10. The molecule has 17 heavy (non-hydrogen) atoms. The van der Waals surface area contributed by atoms with E-state index in [4.69, 9.17) is 0 Å². The van der Waals surface area contributed by atoms with Crippen molar-refractivity contribution in [2.45, 2.75) is 6.42 Å². The number of amides is 1. The van der Waals surface area contributed by atoms with Gasteiger partial charge in [0.25, 0.3) is 0 Å². The minimum Gasteiger partial charge on any atom is -0.323 e. The van der Waals surface area contributed by atoms with Gasteiger partial charge < -0.3 is 5.32 Å². The fourth-order valence-corrected chi connectivity index (χ4v) is 1.36. The third-order valence-electron chi connectivity index (χ3n) is 2.13. The third kappa shape index (κ3) is 2.87.